The average Bonchev–Trinajstić information content (AvgIpc) is 2.49. The second kappa shape index (κ2) is 6.86. The van der Waals surface area contributed by atoms with E-state index in [1.807, 2.05) is 0 Å². The molecule has 0 N–H and O–H groups in total. The van der Waals surface area contributed by atoms with Crippen LogP contribution >= 0.6 is 0 Å². The summed E-state index contributed by atoms with van der Waals surface area (Å²) in [6.07, 6.45) is 1.53. The maximum atomic E-state index is 14.2. The van der Waals surface area contributed by atoms with Gasteiger partial charge in [-0.25, -0.2) is 8.78 Å². The van der Waals surface area contributed by atoms with Gasteiger partial charge in [-0.05, 0) is 51.1 Å². The van der Waals surface area contributed by atoms with E-state index >= 15 is 0 Å². The minimum Gasteiger partial charge on any atom is -0.591 e. The molecule has 0 radical (unpaired) electrons. The van der Waals surface area contributed by atoms with E-state index < -0.39 is 33.3 Å². The molecule has 0 aliphatic heterocycles. The summed E-state index contributed by atoms with van der Waals surface area (Å²) in [5, 5.41) is 0. The van der Waals surface area contributed by atoms with Gasteiger partial charge in [-0.15, -0.1) is 0 Å². The molecule has 128 valence electrons. The van der Waals surface area contributed by atoms with Gasteiger partial charge in [-0.3, -0.25) is 4.79 Å². The lowest BCUT2D eigenvalue weighted by Gasteiger charge is -2.19. The highest BCUT2D eigenvalue weighted by Crippen LogP contribution is 2.21. The number of nitrogens with zero attached hydrogens (tertiary/aromatic N) is 2. The Bertz CT molecular complexity index is 841. The Morgan fingerprint density at radius 2 is 1.88 bits per heavy atom. The number of rotatable bonds is 3. The molecule has 1 aromatic heterocycles. The van der Waals surface area contributed by atoms with Crippen LogP contribution in [0.4, 0.5) is 8.78 Å². The van der Waals surface area contributed by atoms with Gasteiger partial charge in [-0.2, -0.15) is 0 Å². The van der Waals surface area contributed by atoms with Crippen molar-refractivity contribution < 1.29 is 13.3 Å². The molecule has 0 spiro atoms. The van der Waals surface area contributed by atoms with Gasteiger partial charge in [0.2, 0.25) is 0 Å². The van der Waals surface area contributed by atoms with Gasteiger partial charge in [0.25, 0.3) is 5.56 Å². The quantitative estimate of drug-likeness (QED) is 0.630. The summed E-state index contributed by atoms with van der Waals surface area (Å²) in [4.78, 5) is 12.4. The summed E-state index contributed by atoms with van der Waals surface area (Å²) in [5.74, 6) is -1.42. The van der Waals surface area contributed by atoms with Crippen LogP contribution in [0.25, 0.3) is 0 Å². The van der Waals surface area contributed by atoms with E-state index in [0.29, 0.717) is 0 Å². The zero-order chi connectivity index (χ0) is 18.1. The van der Waals surface area contributed by atoms with Crippen molar-refractivity contribution in [1.29, 1.82) is 0 Å². The first-order valence-electron chi connectivity index (χ1n) is 7.23. The Morgan fingerprint density at radius 3 is 2.50 bits per heavy atom. The topological polar surface area (TPSA) is 57.4 Å². The molecule has 0 saturated carbocycles. The van der Waals surface area contributed by atoms with Gasteiger partial charge < -0.3 is 9.12 Å². The Labute approximate surface area is 142 Å². The number of aryl methyl sites for hydroxylation is 1. The highest BCUT2D eigenvalue weighted by Gasteiger charge is 2.29. The third-order valence-electron chi connectivity index (χ3n) is 3.26. The molecule has 1 unspecified atom stereocenters. The smallest absolute Gasteiger partial charge is 0.259 e. The van der Waals surface area contributed by atoms with E-state index in [2.05, 4.69) is 4.40 Å². The van der Waals surface area contributed by atoms with E-state index in [9.17, 15) is 18.1 Å². The standard InChI is InChI=1S/C17H18F2N2O2S/c1-17(2,3)24(23)20-15(12-6-5-9-21(4)16(12)22)13-10-11(18)7-8-14(13)19/h5-10H,1-4H3/b20-15+. The van der Waals surface area contributed by atoms with Crippen molar-refractivity contribution in [3.63, 3.8) is 0 Å². The van der Waals surface area contributed by atoms with Crippen molar-refractivity contribution in [2.75, 3.05) is 0 Å². The summed E-state index contributed by atoms with van der Waals surface area (Å²) in [5.41, 5.74) is -0.703. The highest BCUT2D eigenvalue weighted by atomic mass is 32.2. The first kappa shape index (κ1) is 18.4. The number of aromatic nitrogens is 1. The molecule has 1 heterocycles. The number of pyridine rings is 1. The third kappa shape index (κ3) is 3.91. The molecule has 4 nitrogen and oxygen atoms in total. The zero-order valence-corrected chi connectivity index (χ0v) is 14.7. The Hall–Kier alpha value is -1.99. The summed E-state index contributed by atoms with van der Waals surface area (Å²) < 4.78 is 44.9. The van der Waals surface area contributed by atoms with Gasteiger partial charge in [-0.1, -0.05) is 4.40 Å². The van der Waals surface area contributed by atoms with Gasteiger partial charge in [0.15, 0.2) is 0 Å². The normalized spacial score (nSPS) is 13.9. The number of benzene rings is 1. The minimum atomic E-state index is -1.75. The Balaban J connectivity index is 2.76. The van der Waals surface area contributed by atoms with Crippen molar-refractivity contribution >= 4 is 17.1 Å². The predicted molar refractivity (Wildman–Crippen MR) is 91.6 cm³/mol. The fourth-order valence-corrected chi connectivity index (χ4v) is 2.56. The van der Waals surface area contributed by atoms with Gasteiger partial charge in [0.05, 0.1) is 5.56 Å². The second-order valence-corrected chi connectivity index (χ2v) is 8.17. The van der Waals surface area contributed by atoms with Crippen molar-refractivity contribution in [1.82, 2.24) is 4.57 Å². The largest absolute Gasteiger partial charge is 0.591 e. The van der Waals surface area contributed by atoms with Crippen LogP contribution in [0.1, 0.15) is 31.9 Å². The molecular weight excluding hydrogens is 334 g/mol. The van der Waals surface area contributed by atoms with E-state index in [0.717, 1.165) is 18.2 Å². The van der Waals surface area contributed by atoms with Crippen LogP contribution in [0, 0.1) is 11.6 Å². The molecule has 24 heavy (non-hydrogen) atoms. The molecule has 0 amide bonds. The van der Waals surface area contributed by atoms with Crippen LogP contribution in [0.2, 0.25) is 0 Å². The lowest BCUT2D eigenvalue weighted by atomic mass is 10.0. The SMILES string of the molecule is Cn1cccc(/C(=N\[S+]([O-])C(C)(C)C)c2cc(F)ccc2F)c1=O. The Kier molecular flexibility index (Phi) is 5.25. The molecule has 1 atom stereocenters. The molecule has 1 aromatic carbocycles. The average molecular weight is 352 g/mol. The first-order chi connectivity index (χ1) is 11.1. The van der Waals surface area contributed by atoms with Crippen molar-refractivity contribution in [3.05, 3.63) is 69.6 Å². The molecule has 2 aromatic rings. The Morgan fingerprint density at radius 1 is 1.21 bits per heavy atom. The van der Waals surface area contributed by atoms with Crippen LogP contribution in [-0.4, -0.2) is 19.6 Å². The first-order valence-corrected chi connectivity index (χ1v) is 8.34. The van der Waals surface area contributed by atoms with E-state index in [1.165, 1.54) is 23.9 Å². The van der Waals surface area contributed by atoms with Crippen LogP contribution in [0.15, 0.2) is 45.7 Å². The van der Waals surface area contributed by atoms with Gasteiger partial charge in [0, 0.05) is 18.8 Å². The van der Waals surface area contributed by atoms with Crippen molar-refractivity contribution in [2.45, 2.75) is 25.5 Å². The lowest BCUT2D eigenvalue weighted by Crippen LogP contribution is -2.30. The van der Waals surface area contributed by atoms with E-state index in [1.54, 1.807) is 26.8 Å². The molecular formula is C17H18F2N2O2S. The van der Waals surface area contributed by atoms with Gasteiger partial charge in [0.1, 0.15) is 33.5 Å². The number of hydrogen-bond donors (Lipinski definition) is 0. The summed E-state index contributed by atoms with van der Waals surface area (Å²) in [6, 6.07) is 5.91. The molecule has 2 rings (SSSR count). The molecule has 0 fully saturated rings. The summed E-state index contributed by atoms with van der Waals surface area (Å²) in [7, 11) is 1.53. The van der Waals surface area contributed by atoms with Gasteiger partial charge >= 0.3 is 0 Å². The highest BCUT2D eigenvalue weighted by molar-refractivity contribution is 7.91. The number of hydrogen-bond acceptors (Lipinski definition) is 3. The molecule has 0 bridgehead atoms. The van der Waals surface area contributed by atoms with Crippen molar-refractivity contribution in [3.8, 4) is 0 Å². The van der Waals surface area contributed by atoms with Crippen molar-refractivity contribution in [2.24, 2.45) is 11.4 Å². The lowest BCUT2D eigenvalue weighted by molar-refractivity contribution is 0.561. The summed E-state index contributed by atoms with van der Waals surface area (Å²) in [6.45, 7) is 5.11. The zero-order valence-electron chi connectivity index (χ0n) is 13.8. The summed E-state index contributed by atoms with van der Waals surface area (Å²) >= 11 is -1.75. The maximum Gasteiger partial charge on any atom is 0.259 e. The van der Waals surface area contributed by atoms with Crippen LogP contribution in [0.5, 0.6) is 0 Å². The number of halogens is 2. The molecule has 0 aliphatic rings. The van der Waals surface area contributed by atoms with E-state index in [4.69, 9.17) is 0 Å². The fourth-order valence-electron chi connectivity index (χ4n) is 1.92. The molecule has 0 saturated heterocycles. The second-order valence-electron chi connectivity index (χ2n) is 6.26. The molecule has 7 heteroatoms. The predicted octanol–water partition coefficient (Wildman–Crippen LogP) is 2.96. The van der Waals surface area contributed by atoms with E-state index in [-0.39, 0.29) is 16.8 Å². The minimum absolute atomic E-state index is 0.0575. The third-order valence-corrected chi connectivity index (χ3v) is 4.66. The monoisotopic (exact) mass is 352 g/mol. The van der Waals surface area contributed by atoms with Crippen LogP contribution < -0.4 is 5.56 Å². The van der Waals surface area contributed by atoms with Crippen LogP contribution in [-0.2, 0) is 18.4 Å². The maximum absolute atomic E-state index is 14.2. The molecule has 0 aliphatic carbocycles. The fraction of sp³-hybridized carbons (Fsp3) is 0.294. The van der Waals surface area contributed by atoms with Crippen LogP contribution in [0.3, 0.4) is 0 Å².